The van der Waals surface area contributed by atoms with Crippen molar-refractivity contribution in [3.05, 3.63) is 78.6 Å². The molecule has 30 heavy (non-hydrogen) atoms. The van der Waals surface area contributed by atoms with Crippen LogP contribution in [0.4, 0.5) is 0 Å². The number of aliphatic hydroxyl groups is 1. The van der Waals surface area contributed by atoms with E-state index in [4.69, 9.17) is 0 Å². The molecule has 0 unspecified atom stereocenters. The van der Waals surface area contributed by atoms with Crippen molar-refractivity contribution in [2.75, 3.05) is 0 Å². The van der Waals surface area contributed by atoms with Crippen LogP contribution < -0.4 is 0 Å². The number of aromatic nitrogens is 1. The molecule has 0 fully saturated rings. The first-order chi connectivity index (χ1) is 13.5. The van der Waals surface area contributed by atoms with Gasteiger partial charge in [0.2, 0.25) is 0 Å². The van der Waals surface area contributed by atoms with E-state index in [1.165, 1.54) is 11.5 Å². The summed E-state index contributed by atoms with van der Waals surface area (Å²) < 4.78 is 0. The molecule has 3 rings (SSSR count). The standard InChI is InChI=1S/C15H10N.C11H20O2.Ir/c1-2-6-12(7-3-1)15-11-10-13-8-4-5-9-14(13)16-15;1-10(2,3)8(12)7-9(13)11(4,5)6;/h1-6,8-11H;7,12H,1-6H3;/q-1;;/b;8-7-;. The smallest absolute Gasteiger partial charge is 0.164 e. The van der Waals surface area contributed by atoms with Crippen LogP contribution in [0.2, 0.25) is 0 Å². The second-order valence-electron chi connectivity index (χ2n) is 9.06. The van der Waals surface area contributed by atoms with Crippen molar-refractivity contribution in [2.45, 2.75) is 41.5 Å². The van der Waals surface area contributed by atoms with Crippen LogP contribution in [0, 0.1) is 16.9 Å². The second kappa shape index (κ2) is 10.7. The maximum Gasteiger partial charge on any atom is 0.164 e. The molecule has 0 spiro atoms. The summed E-state index contributed by atoms with van der Waals surface area (Å²) in [5.41, 5.74) is 2.27. The van der Waals surface area contributed by atoms with Crippen LogP contribution in [0.15, 0.2) is 72.5 Å². The van der Waals surface area contributed by atoms with Gasteiger partial charge in [-0.25, -0.2) is 0 Å². The van der Waals surface area contributed by atoms with Crippen molar-refractivity contribution < 1.29 is 30.0 Å². The Morgan fingerprint density at radius 3 is 2.10 bits per heavy atom. The van der Waals surface area contributed by atoms with Crippen molar-refractivity contribution in [3.8, 4) is 11.3 Å². The molecular weight excluding hydrogens is 551 g/mol. The van der Waals surface area contributed by atoms with Crippen LogP contribution in [0.1, 0.15) is 41.5 Å². The van der Waals surface area contributed by atoms with Gasteiger partial charge in [-0.15, -0.1) is 35.9 Å². The Morgan fingerprint density at radius 2 is 1.53 bits per heavy atom. The third-order valence-corrected chi connectivity index (χ3v) is 4.36. The summed E-state index contributed by atoms with van der Waals surface area (Å²) in [6.45, 7) is 11.1. The zero-order chi connectivity index (χ0) is 21.7. The maximum absolute atomic E-state index is 11.5. The quantitative estimate of drug-likeness (QED) is 0.206. The van der Waals surface area contributed by atoms with Gasteiger partial charge in [-0.3, -0.25) is 9.78 Å². The average Bonchev–Trinajstić information content (AvgIpc) is 2.67. The van der Waals surface area contributed by atoms with Crippen molar-refractivity contribution in [2.24, 2.45) is 10.8 Å². The average molecular weight is 581 g/mol. The molecule has 1 N–H and O–H groups in total. The molecule has 4 heteroatoms. The second-order valence-corrected chi connectivity index (χ2v) is 9.06. The van der Waals surface area contributed by atoms with Gasteiger partial charge < -0.3 is 5.11 Å². The molecule has 0 saturated heterocycles. The first-order valence-electron chi connectivity index (χ1n) is 9.77. The number of carbonyl (C=O) groups is 1. The minimum absolute atomic E-state index is 0. The van der Waals surface area contributed by atoms with E-state index in [1.807, 2.05) is 90.1 Å². The van der Waals surface area contributed by atoms with E-state index in [2.05, 4.69) is 23.2 Å². The fourth-order valence-corrected chi connectivity index (χ4v) is 2.33. The van der Waals surface area contributed by atoms with Crippen LogP contribution in [-0.2, 0) is 24.9 Å². The molecule has 0 aliphatic heterocycles. The first-order valence-corrected chi connectivity index (χ1v) is 9.77. The number of ketones is 1. The SMILES string of the molecule is CC(C)(C)C(=O)/C=C(\O)C(C)(C)C.[Ir].[c-]1ccccc1-c1ccc2ccccc2n1. The fourth-order valence-electron chi connectivity index (χ4n) is 2.33. The number of allylic oxidation sites excluding steroid dienone is 2. The van der Waals surface area contributed by atoms with Gasteiger partial charge in [0.05, 0.1) is 5.52 Å². The Labute approximate surface area is 193 Å². The van der Waals surface area contributed by atoms with E-state index in [9.17, 15) is 9.90 Å². The summed E-state index contributed by atoms with van der Waals surface area (Å²) >= 11 is 0. The fraction of sp³-hybridized carbons (Fsp3) is 0.308. The van der Waals surface area contributed by atoms with E-state index in [-0.39, 0.29) is 37.1 Å². The van der Waals surface area contributed by atoms with Gasteiger partial charge in [0.15, 0.2) is 5.78 Å². The number of hydrogen-bond donors (Lipinski definition) is 1. The third kappa shape index (κ3) is 7.51. The molecule has 161 valence electrons. The van der Waals surface area contributed by atoms with Gasteiger partial charge in [0.1, 0.15) is 5.76 Å². The van der Waals surface area contributed by atoms with Gasteiger partial charge >= 0.3 is 0 Å². The van der Waals surface area contributed by atoms with Gasteiger partial charge in [-0.1, -0.05) is 71.9 Å². The normalized spacial score (nSPS) is 11.9. The summed E-state index contributed by atoms with van der Waals surface area (Å²) in [5, 5.41) is 10.7. The van der Waals surface area contributed by atoms with Gasteiger partial charge in [0, 0.05) is 37.0 Å². The summed E-state index contributed by atoms with van der Waals surface area (Å²) in [7, 11) is 0. The van der Waals surface area contributed by atoms with Crippen LogP contribution in [0.5, 0.6) is 0 Å². The van der Waals surface area contributed by atoms with Gasteiger partial charge in [0.25, 0.3) is 0 Å². The molecular formula is C26H30IrNO2-. The number of para-hydroxylation sites is 1. The number of fused-ring (bicyclic) bond motifs is 1. The zero-order valence-corrected chi connectivity index (χ0v) is 20.9. The minimum Gasteiger partial charge on any atom is -0.512 e. The number of hydrogen-bond acceptors (Lipinski definition) is 3. The number of pyridine rings is 1. The molecule has 3 nitrogen and oxygen atoms in total. The predicted molar refractivity (Wildman–Crippen MR) is 121 cm³/mol. The van der Waals surface area contributed by atoms with Gasteiger partial charge in [-0.05, 0) is 17.1 Å². The first kappa shape index (κ1) is 25.7. The molecule has 0 aliphatic carbocycles. The summed E-state index contributed by atoms with van der Waals surface area (Å²) in [6.07, 6.45) is 1.33. The largest absolute Gasteiger partial charge is 0.512 e. The monoisotopic (exact) mass is 581 g/mol. The number of rotatable bonds is 2. The Hall–Kier alpha value is -2.29. The Bertz CT molecular complexity index is 997. The van der Waals surface area contributed by atoms with E-state index in [1.54, 1.807) is 0 Å². The van der Waals surface area contributed by atoms with E-state index < -0.39 is 5.41 Å². The zero-order valence-electron chi connectivity index (χ0n) is 18.5. The van der Waals surface area contributed by atoms with Crippen LogP contribution in [0.3, 0.4) is 0 Å². The van der Waals surface area contributed by atoms with Crippen molar-refractivity contribution in [1.29, 1.82) is 0 Å². The van der Waals surface area contributed by atoms with Crippen LogP contribution >= 0.6 is 0 Å². The van der Waals surface area contributed by atoms with E-state index in [0.717, 1.165) is 16.8 Å². The molecule has 0 amide bonds. The van der Waals surface area contributed by atoms with E-state index >= 15 is 0 Å². The van der Waals surface area contributed by atoms with E-state index in [0.29, 0.717) is 0 Å². The van der Waals surface area contributed by atoms with Crippen LogP contribution in [0.25, 0.3) is 22.2 Å². The van der Waals surface area contributed by atoms with Crippen LogP contribution in [-0.4, -0.2) is 15.9 Å². The summed E-state index contributed by atoms with van der Waals surface area (Å²) in [5.74, 6) is 0.104. The maximum atomic E-state index is 11.5. The molecule has 2 aromatic carbocycles. The molecule has 0 atom stereocenters. The molecule has 0 bridgehead atoms. The molecule has 0 saturated carbocycles. The Kier molecular flexibility index (Phi) is 9.14. The molecule has 1 heterocycles. The topological polar surface area (TPSA) is 50.2 Å². The predicted octanol–water partition coefficient (Wildman–Crippen LogP) is 6.79. The van der Waals surface area contributed by atoms with Crippen molar-refractivity contribution >= 4 is 16.7 Å². The molecule has 0 aliphatic rings. The number of nitrogens with zero attached hydrogens (tertiary/aromatic N) is 1. The Morgan fingerprint density at radius 1 is 0.900 bits per heavy atom. The molecule has 1 radical (unpaired) electrons. The molecule has 3 aromatic rings. The van der Waals surface area contributed by atoms with Gasteiger partial charge in [-0.2, -0.15) is 0 Å². The summed E-state index contributed by atoms with van der Waals surface area (Å²) in [6, 6.07) is 23.4. The minimum atomic E-state index is -0.417. The summed E-state index contributed by atoms with van der Waals surface area (Å²) in [4.78, 5) is 16.1. The van der Waals surface area contributed by atoms with Crippen molar-refractivity contribution in [3.63, 3.8) is 0 Å². The Balaban J connectivity index is 0.000000299. The third-order valence-electron chi connectivity index (χ3n) is 4.36. The van der Waals surface area contributed by atoms with Crippen molar-refractivity contribution in [1.82, 2.24) is 4.98 Å². The number of benzene rings is 2. The molecule has 1 aromatic heterocycles. The number of aliphatic hydroxyl groups excluding tert-OH is 1. The number of carbonyl (C=O) groups excluding carboxylic acids is 1.